The predicted octanol–water partition coefficient (Wildman–Crippen LogP) is 2.68. The summed E-state index contributed by atoms with van der Waals surface area (Å²) in [7, 11) is 0. The maximum atomic E-state index is 6.48. The molecule has 0 amide bonds. The number of nitrogens with two attached hydrogens (primary N) is 1. The van der Waals surface area contributed by atoms with Gasteiger partial charge in [-0.3, -0.25) is 0 Å². The molecule has 0 atom stereocenters. The van der Waals surface area contributed by atoms with Crippen LogP contribution in [0.2, 0.25) is 0 Å². The summed E-state index contributed by atoms with van der Waals surface area (Å²) in [6.45, 7) is 6.31. The van der Waals surface area contributed by atoms with Crippen molar-refractivity contribution in [2.24, 2.45) is 5.73 Å². The zero-order valence-corrected chi connectivity index (χ0v) is 11.2. The number of hydrogen-bond donors (Lipinski definition) is 1. The smallest absolute Gasteiger partial charge is 0.153 e. The average molecular weight is 236 g/mol. The molecule has 2 N–H and O–H groups in total. The van der Waals surface area contributed by atoms with E-state index in [2.05, 4.69) is 28.6 Å². The van der Waals surface area contributed by atoms with Gasteiger partial charge in [-0.1, -0.05) is 26.7 Å². The molecule has 4 heteroatoms. The highest BCUT2D eigenvalue weighted by Gasteiger charge is 2.33. The van der Waals surface area contributed by atoms with Crippen molar-refractivity contribution in [3.8, 4) is 0 Å². The van der Waals surface area contributed by atoms with Gasteiger partial charge in [0.2, 0.25) is 0 Å². The van der Waals surface area contributed by atoms with E-state index >= 15 is 0 Å². The van der Waals surface area contributed by atoms with Gasteiger partial charge in [0.1, 0.15) is 5.82 Å². The highest BCUT2D eigenvalue weighted by atomic mass is 15.3. The Hall–Kier alpha value is -0.900. The van der Waals surface area contributed by atoms with E-state index in [1.807, 2.05) is 6.92 Å². The van der Waals surface area contributed by atoms with Crippen LogP contribution in [0.4, 0.5) is 0 Å². The van der Waals surface area contributed by atoms with E-state index in [4.69, 9.17) is 5.73 Å². The van der Waals surface area contributed by atoms with Gasteiger partial charge in [0.25, 0.3) is 0 Å². The summed E-state index contributed by atoms with van der Waals surface area (Å²) in [5.74, 6) is 2.01. The van der Waals surface area contributed by atoms with Crippen LogP contribution in [0.3, 0.4) is 0 Å². The van der Waals surface area contributed by atoms with Gasteiger partial charge in [-0.25, -0.2) is 0 Å². The third kappa shape index (κ3) is 2.10. The van der Waals surface area contributed by atoms with Crippen molar-refractivity contribution in [3.63, 3.8) is 0 Å². The quantitative estimate of drug-likeness (QED) is 0.874. The van der Waals surface area contributed by atoms with Crippen LogP contribution in [0, 0.1) is 6.92 Å². The first-order valence-corrected chi connectivity index (χ1v) is 6.83. The fourth-order valence-electron chi connectivity index (χ4n) is 2.87. The first-order chi connectivity index (χ1) is 8.12. The number of aryl methyl sites for hydroxylation is 1. The standard InChI is InChI=1S/C13H24N4/c1-4-13(14,5-2)12-16-15-10(3)17(12)11-8-6-7-9-11/h11H,4-9,14H2,1-3H3. The Balaban J connectivity index is 2.40. The van der Waals surface area contributed by atoms with Crippen molar-refractivity contribution in [1.29, 1.82) is 0 Å². The van der Waals surface area contributed by atoms with Gasteiger partial charge in [-0.05, 0) is 32.6 Å². The molecule has 1 saturated carbocycles. The summed E-state index contributed by atoms with van der Waals surface area (Å²) in [4.78, 5) is 0. The summed E-state index contributed by atoms with van der Waals surface area (Å²) in [6, 6.07) is 0.570. The molecule has 0 aliphatic heterocycles. The topological polar surface area (TPSA) is 56.7 Å². The number of rotatable bonds is 4. The zero-order chi connectivity index (χ0) is 12.5. The molecule has 0 unspecified atom stereocenters. The van der Waals surface area contributed by atoms with Gasteiger partial charge in [-0.2, -0.15) is 0 Å². The summed E-state index contributed by atoms with van der Waals surface area (Å²) in [6.07, 6.45) is 6.95. The molecule has 1 aliphatic carbocycles. The third-order valence-corrected chi connectivity index (χ3v) is 4.26. The number of nitrogens with zero attached hydrogens (tertiary/aromatic N) is 3. The van der Waals surface area contributed by atoms with E-state index in [0.29, 0.717) is 6.04 Å². The maximum Gasteiger partial charge on any atom is 0.153 e. The highest BCUT2D eigenvalue weighted by Crippen LogP contribution is 2.34. The Bertz CT molecular complexity index is 373. The van der Waals surface area contributed by atoms with Gasteiger partial charge in [0, 0.05) is 6.04 Å². The molecule has 0 spiro atoms. The molecule has 1 aromatic heterocycles. The van der Waals surface area contributed by atoms with Crippen molar-refractivity contribution < 1.29 is 0 Å². The summed E-state index contributed by atoms with van der Waals surface area (Å²) >= 11 is 0. The fourth-order valence-corrected chi connectivity index (χ4v) is 2.87. The summed E-state index contributed by atoms with van der Waals surface area (Å²) in [5.41, 5.74) is 6.16. The lowest BCUT2D eigenvalue weighted by atomic mass is 9.92. The van der Waals surface area contributed by atoms with E-state index in [9.17, 15) is 0 Å². The predicted molar refractivity (Wildman–Crippen MR) is 68.7 cm³/mol. The second kappa shape index (κ2) is 4.77. The second-order valence-electron chi connectivity index (χ2n) is 5.24. The maximum absolute atomic E-state index is 6.48. The Morgan fingerprint density at radius 2 is 1.82 bits per heavy atom. The molecule has 2 rings (SSSR count). The van der Waals surface area contributed by atoms with Gasteiger partial charge in [0.05, 0.1) is 5.54 Å². The van der Waals surface area contributed by atoms with Crippen LogP contribution in [0.5, 0.6) is 0 Å². The fraction of sp³-hybridized carbons (Fsp3) is 0.846. The first kappa shape index (κ1) is 12.6. The highest BCUT2D eigenvalue weighted by molar-refractivity contribution is 5.09. The monoisotopic (exact) mass is 236 g/mol. The molecule has 4 nitrogen and oxygen atoms in total. The van der Waals surface area contributed by atoms with Crippen molar-refractivity contribution in [3.05, 3.63) is 11.6 Å². The van der Waals surface area contributed by atoms with Crippen LogP contribution in [-0.2, 0) is 5.54 Å². The van der Waals surface area contributed by atoms with Crippen molar-refractivity contribution in [2.75, 3.05) is 0 Å². The Labute approximate surface area is 104 Å². The van der Waals surface area contributed by atoms with E-state index in [1.54, 1.807) is 0 Å². The summed E-state index contributed by atoms with van der Waals surface area (Å²) in [5, 5.41) is 8.62. The Morgan fingerprint density at radius 3 is 2.35 bits per heavy atom. The normalized spacial score (nSPS) is 17.9. The molecular formula is C13H24N4. The van der Waals surface area contributed by atoms with Crippen LogP contribution >= 0.6 is 0 Å². The van der Waals surface area contributed by atoms with E-state index in [-0.39, 0.29) is 5.54 Å². The number of aromatic nitrogens is 3. The molecule has 1 fully saturated rings. The minimum Gasteiger partial charge on any atom is -0.319 e. The zero-order valence-electron chi connectivity index (χ0n) is 11.2. The SMILES string of the molecule is CCC(N)(CC)c1nnc(C)n1C1CCCC1. The minimum absolute atomic E-state index is 0.316. The number of hydrogen-bond acceptors (Lipinski definition) is 3. The molecule has 17 heavy (non-hydrogen) atoms. The molecule has 1 heterocycles. The van der Waals surface area contributed by atoms with Crippen LogP contribution in [0.15, 0.2) is 0 Å². The van der Waals surface area contributed by atoms with Gasteiger partial charge >= 0.3 is 0 Å². The molecule has 1 aromatic rings. The largest absolute Gasteiger partial charge is 0.319 e. The molecule has 0 radical (unpaired) electrons. The lowest BCUT2D eigenvalue weighted by Gasteiger charge is -2.28. The van der Waals surface area contributed by atoms with Crippen molar-refractivity contribution in [1.82, 2.24) is 14.8 Å². The van der Waals surface area contributed by atoms with Crippen LogP contribution < -0.4 is 5.73 Å². The molecule has 0 aromatic carbocycles. The Kier molecular flexibility index (Phi) is 3.52. The van der Waals surface area contributed by atoms with Crippen LogP contribution in [-0.4, -0.2) is 14.8 Å². The van der Waals surface area contributed by atoms with Crippen LogP contribution in [0.25, 0.3) is 0 Å². The Morgan fingerprint density at radius 1 is 1.24 bits per heavy atom. The van der Waals surface area contributed by atoms with Gasteiger partial charge < -0.3 is 10.3 Å². The molecule has 96 valence electrons. The molecular weight excluding hydrogens is 212 g/mol. The first-order valence-electron chi connectivity index (χ1n) is 6.83. The van der Waals surface area contributed by atoms with Gasteiger partial charge in [-0.15, -0.1) is 10.2 Å². The van der Waals surface area contributed by atoms with Crippen LogP contribution in [0.1, 0.15) is 70.1 Å². The van der Waals surface area contributed by atoms with Crippen molar-refractivity contribution in [2.45, 2.75) is 70.9 Å². The minimum atomic E-state index is -0.316. The lowest BCUT2D eigenvalue weighted by Crippen LogP contribution is -2.39. The average Bonchev–Trinajstić information content (AvgIpc) is 2.96. The van der Waals surface area contributed by atoms with Gasteiger partial charge in [0.15, 0.2) is 5.82 Å². The lowest BCUT2D eigenvalue weighted by molar-refractivity contribution is 0.347. The summed E-state index contributed by atoms with van der Waals surface area (Å²) < 4.78 is 2.31. The van der Waals surface area contributed by atoms with E-state index in [0.717, 1.165) is 24.5 Å². The van der Waals surface area contributed by atoms with E-state index in [1.165, 1.54) is 25.7 Å². The van der Waals surface area contributed by atoms with Crippen molar-refractivity contribution >= 4 is 0 Å². The second-order valence-corrected chi connectivity index (χ2v) is 5.24. The molecule has 0 saturated heterocycles. The molecule has 0 bridgehead atoms. The van der Waals surface area contributed by atoms with E-state index < -0.39 is 0 Å². The third-order valence-electron chi connectivity index (χ3n) is 4.26. The molecule has 1 aliphatic rings.